The average molecular weight is 548 g/mol. The second-order valence-electron chi connectivity index (χ2n) is 7.36. The number of halogens is 6. The largest absolute Gasteiger partial charge is 0.573 e. The maximum absolute atomic E-state index is 13.1. The Hall–Kier alpha value is -3.46. The van der Waals surface area contributed by atoms with Crippen LogP contribution in [-0.4, -0.2) is 39.7 Å². The molecule has 190 valence electrons. The van der Waals surface area contributed by atoms with Crippen LogP contribution in [0.25, 0.3) is 22.6 Å². The van der Waals surface area contributed by atoms with Crippen molar-refractivity contribution in [1.29, 1.82) is 0 Å². The van der Waals surface area contributed by atoms with Gasteiger partial charge in [-0.15, -0.1) is 18.3 Å². The molecule has 3 heterocycles. The maximum Gasteiger partial charge on any atom is 0.573 e. The topological polar surface area (TPSA) is 78.5 Å². The van der Waals surface area contributed by atoms with Gasteiger partial charge in [-0.05, 0) is 48.1 Å². The molecule has 7 nitrogen and oxygen atoms in total. The molecule has 0 atom stereocenters. The van der Waals surface area contributed by atoms with Gasteiger partial charge in [-0.1, -0.05) is 19.1 Å². The predicted octanol–water partition coefficient (Wildman–Crippen LogP) is 5.63. The van der Waals surface area contributed by atoms with Crippen LogP contribution in [0.15, 0.2) is 59.8 Å². The summed E-state index contributed by atoms with van der Waals surface area (Å²) in [6.07, 6.45) is -7.52. The molecule has 0 aliphatic rings. The molecule has 0 aliphatic heterocycles. The Bertz CT molecular complexity index is 1610. The third-order valence-corrected chi connectivity index (χ3v) is 7.11. The zero-order chi connectivity index (χ0) is 26.5. The van der Waals surface area contributed by atoms with E-state index in [-0.39, 0.29) is 32.4 Å². The Labute approximate surface area is 204 Å². The lowest BCUT2D eigenvalue weighted by molar-refractivity contribution is -0.274. The molecule has 0 bridgehead atoms. The van der Waals surface area contributed by atoms with Crippen LogP contribution in [0, 0.1) is 4.77 Å². The minimum Gasteiger partial charge on any atom is -0.406 e. The van der Waals surface area contributed by atoms with Crippen LogP contribution >= 0.6 is 12.2 Å². The highest BCUT2D eigenvalue weighted by atomic mass is 32.2. The highest BCUT2D eigenvalue weighted by Gasteiger charge is 2.32. The third-order valence-electron chi connectivity index (χ3n) is 5.01. The lowest BCUT2D eigenvalue weighted by Gasteiger charge is -2.12. The summed E-state index contributed by atoms with van der Waals surface area (Å²) in [5, 5.41) is 4.12. The van der Waals surface area contributed by atoms with Crippen molar-refractivity contribution in [1.82, 2.24) is 19.2 Å². The van der Waals surface area contributed by atoms with Crippen molar-refractivity contribution < 1.29 is 39.5 Å². The molecule has 0 spiro atoms. The number of hydrogen-bond donors (Lipinski definition) is 0. The Balaban J connectivity index is 1.85. The number of sulfone groups is 1. The zero-order valence-electron chi connectivity index (χ0n) is 18.0. The molecule has 36 heavy (non-hydrogen) atoms. The second-order valence-corrected chi connectivity index (χ2v) is 9.97. The van der Waals surface area contributed by atoms with Gasteiger partial charge in [0, 0.05) is 18.0 Å². The first kappa shape index (κ1) is 25.6. The summed E-state index contributed by atoms with van der Waals surface area (Å²) < 4.78 is 108. The molecule has 1 aromatic carbocycles. The van der Waals surface area contributed by atoms with Crippen LogP contribution in [0.4, 0.5) is 26.3 Å². The van der Waals surface area contributed by atoms with E-state index in [4.69, 9.17) is 12.2 Å². The summed E-state index contributed by atoms with van der Waals surface area (Å²) in [6, 6.07) is 7.83. The Kier molecular flexibility index (Phi) is 6.33. The molecule has 0 fully saturated rings. The van der Waals surface area contributed by atoms with E-state index < -0.39 is 33.7 Å². The molecular formula is C21H14F6N4O3S2. The molecule has 0 aliphatic carbocycles. The molecular weight excluding hydrogens is 534 g/mol. The second kappa shape index (κ2) is 8.89. The van der Waals surface area contributed by atoms with E-state index in [1.807, 2.05) is 0 Å². The molecule has 0 amide bonds. The van der Waals surface area contributed by atoms with Crippen LogP contribution in [-0.2, 0) is 16.0 Å². The number of nitrogens with zero attached hydrogens (tertiary/aromatic N) is 4. The van der Waals surface area contributed by atoms with E-state index >= 15 is 0 Å². The van der Waals surface area contributed by atoms with Crippen molar-refractivity contribution in [3.63, 3.8) is 0 Å². The first-order valence-electron chi connectivity index (χ1n) is 9.97. The smallest absolute Gasteiger partial charge is 0.406 e. The lowest BCUT2D eigenvalue weighted by atomic mass is 10.1. The molecule has 0 radical (unpaired) electrons. The summed E-state index contributed by atoms with van der Waals surface area (Å²) in [7, 11) is -3.96. The van der Waals surface area contributed by atoms with Crippen LogP contribution < -0.4 is 4.74 Å². The first-order valence-corrected chi connectivity index (χ1v) is 12.0. The number of rotatable bonds is 5. The van der Waals surface area contributed by atoms with E-state index in [0.29, 0.717) is 5.56 Å². The molecule has 0 saturated carbocycles. The number of ether oxygens (including phenoxy) is 1. The zero-order valence-corrected chi connectivity index (χ0v) is 19.6. The van der Waals surface area contributed by atoms with E-state index in [0.717, 1.165) is 39.5 Å². The molecule has 15 heteroatoms. The Morgan fingerprint density at radius 2 is 1.67 bits per heavy atom. The van der Waals surface area contributed by atoms with Gasteiger partial charge >= 0.3 is 12.5 Å². The summed E-state index contributed by atoms with van der Waals surface area (Å²) in [5.41, 5.74) is -0.365. The number of alkyl halides is 6. The SMILES string of the molecule is CCS(=O)(=O)c1cc(-c2ccc(OC(F)(F)F)cc2)cnc1-n1nc2ccc(C(F)(F)F)cn2c1=S. The fourth-order valence-electron chi connectivity index (χ4n) is 3.27. The van der Waals surface area contributed by atoms with E-state index in [1.165, 1.54) is 31.3 Å². The Morgan fingerprint density at radius 1 is 1.00 bits per heavy atom. The van der Waals surface area contributed by atoms with E-state index in [1.54, 1.807) is 0 Å². The summed E-state index contributed by atoms with van der Waals surface area (Å²) in [6.45, 7) is 1.38. The summed E-state index contributed by atoms with van der Waals surface area (Å²) in [4.78, 5) is 3.85. The third kappa shape index (κ3) is 5.06. The van der Waals surface area contributed by atoms with Gasteiger partial charge in [0.15, 0.2) is 21.3 Å². The minimum atomic E-state index is -4.87. The van der Waals surface area contributed by atoms with Gasteiger partial charge < -0.3 is 4.74 Å². The van der Waals surface area contributed by atoms with Crippen molar-refractivity contribution in [2.24, 2.45) is 0 Å². The number of pyridine rings is 2. The monoisotopic (exact) mass is 548 g/mol. The molecule has 0 N–H and O–H groups in total. The van der Waals surface area contributed by atoms with Crippen LogP contribution in [0.3, 0.4) is 0 Å². The predicted molar refractivity (Wildman–Crippen MR) is 118 cm³/mol. The van der Waals surface area contributed by atoms with Gasteiger partial charge in [-0.2, -0.15) is 17.9 Å². The van der Waals surface area contributed by atoms with Gasteiger partial charge in [-0.3, -0.25) is 4.40 Å². The molecule has 3 aromatic heterocycles. The van der Waals surface area contributed by atoms with E-state index in [2.05, 4.69) is 14.8 Å². The van der Waals surface area contributed by atoms with Crippen molar-refractivity contribution in [2.75, 3.05) is 5.75 Å². The van der Waals surface area contributed by atoms with Crippen molar-refractivity contribution in [3.05, 3.63) is 65.2 Å². The maximum atomic E-state index is 13.1. The van der Waals surface area contributed by atoms with Gasteiger partial charge in [0.25, 0.3) is 0 Å². The quantitative estimate of drug-likeness (QED) is 0.238. The minimum absolute atomic E-state index is 0.0268. The van der Waals surface area contributed by atoms with E-state index in [9.17, 15) is 34.8 Å². The van der Waals surface area contributed by atoms with Crippen molar-refractivity contribution in [3.8, 4) is 22.7 Å². The normalized spacial score (nSPS) is 12.8. The first-order chi connectivity index (χ1) is 16.7. The van der Waals surface area contributed by atoms with Crippen LogP contribution in [0.2, 0.25) is 0 Å². The lowest BCUT2D eigenvalue weighted by Crippen LogP contribution is -2.16. The molecule has 0 saturated heterocycles. The molecule has 4 rings (SSSR count). The fraction of sp³-hybridized carbons (Fsp3) is 0.190. The summed E-state index contributed by atoms with van der Waals surface area (Å²) >= 11 is 5.25. The fourth-order valence-corrected chi connectivity index (χ4v) is 4.58. The average Bonchev–Trinajstić information content (AvgIpc) is 3.13. The van der Waals surface area contributed by atoms with Gasteiger partial charge in [0.05, 0.1) is 11.3 Å². The number of benzene rings is 1. The van der Waals surface area contributed by atoms with Crippen molar-refractivity contribution >= 4 is 27.7 Å². The highest BCUT2D eigenvalue weighted by molar-refractivity contribution is 7.91. The Morgan fingerprint density at radius 3 is 2.25 bits per heavy atom. The van der Waals surface area contributed by atoms with Crippen LogP contribution in [0.1, 0.15) is 12.5 Å². The molecule has 0 unspecified atom stereocenters. The molecule has 4 aromatic rings. The number of fused-ring (bicyclic) bond motifs is 1. The van der Waals surface area contributed by atoms with Gasteiger partial charge in [0.1, 0.15) is 10.6 Å². The number of aromatic nitrogens is 4. The summed E-state index contributed by atoms with van der Waals surface area (Å²) in [5.74, 6) is -1.05. The standard InChI is InChI=1S/C21H14F6N4O3S2/c1-2-36(32,33)16-9-13(12-3-6-15(7-4-12)34-21(25,26)27)10-28-18(16)31-19(35)30-11-14(20(22,23)24)5-8-17(30)29-31/h3-11H,2H2,1H3. The van der Waals surface area contributed by atoms with Crippen molar-refractivity contribution in [2.45, 2.75) is 24.4 Å². The van der Waals surface area contributed by atoms with Gasteiger partial charge in [-0.25, -0.2) is 13.4 Å². The van der Waals surface area contributed by atoms with Crippen LogP contribution in [0.5, 0.6) is 5.75 Å². The number of hydrogen-bond acceptors (Lipinski definition) is 6. The van der Waals surface area contributed by atoms with Gasteiger partial charge in [0.2, 0.25) is 4.77 Å². The highest BCUT2D eigenvalue weighted by Crippen LogP contribution is 2.31.